The molecule has 3 heterocycles. The maximum atomic E-state index is 12.9. The number of aryl methyl sites for hydroxylation is 2. The summed E-state index contributed by atoms with van der Waals surface area (Å²) >= 11 is 0. The topological polar surface area (TPSA) is 116 Å². The quantitative estimate of drug-likeness (QED) is 0.489. The predicted molar refractivity (Wildman–Crippen MR) is 127 cm³/mol. The first kappa shape index (κ1) is 21.7. The highest BCUT2D eigenvalue weighted by Gasteiger charge is 2.39. The molecule has 8 heteroatoms. The number of aromatic nitrogens is 4. The molecular weight excluding hydrogens is 428 g/mol. The lowest BCUT2D eigenvalue weighted by Crippen LogP contribution is -2.53. The molecule has 4 aromatic rings. The van der Waals surface area contributed by atoms with Crippen molar-refractivity contribution in [1.29, 1.82) is 5.26 Å². The Balaban J connectivity index is 1.64. The van der Waals surface area contributed by atoms with Gasteiger partial charge in [-0.2, -0.15) is 10.4 Å². The fourth-order valence-electron chi connectivity index (χ4n) is 4.60. The molecule has 5 rings (SSSR count). The molecule has 1 saturated carbocycles. The van der Waals surface area contributed by atoms with Crippen LogP contribution in [0.25, 0.3) is 28.0 Å². The SMILES string of the molecule is Cc1cc(-c2c(-c3cccc(C#N)c3)nn3ccc(C(=O)N[C@H]4C[C@@](C)(O)C4)nc23)cc(C)n1. The first-order valence-electron chi connectivity index (χ1n) is 11.1. The molecule has 0 unspecified atom stereocenters. The zero-order chi connectivity index (χ0) is 24.0. The molecule has 34 heavy (non-hydrogen) atoms. The maximum absolute atomic E-state index is 12.9. The van der Waals surface area contributed by atoms with E-state index in [1.54, 1.807) is 35.8 Å². The van der Waals surface area contributed by atoms with Crippen molar-refractivity contribution in [3.63, 3.8) is 0 Å². The minimum atomic E-state index is -0.724. The first-order chi connectivity index (χ1) is 16.2. The van der Waals surface area contributed by atoms with Gasteiger partial charge in [0, 0.05) is 29.2 Å². The number of rotatable bonds is 4. The van der Waals surface area contributed by atoms with E-state index in [2.05, 4.69) is 21.4 Å². The third-order valence-corrected chi connectivity index (χ3v) is 6.06. The number of pyridine rings is 1. The minimum Gasteiger partial charge on any atom is -0.390 e. The largest absolute Gasteiger partial charge is 0.390 e. The molecule has 3 aromatic heterocycles. The Morgan fingerprint density at radius 2 is 1.88 bits per heavy atom. The molecule has 1 aliphatic rings. The highest BCUT2D eigenvalue weighted by molar-refractivity contribution is 5.95. The molecule has 1 aliphatic carbocycles. The van der Waals surface area contributed by atoms with E-state index in [0.717, 1.165) is 28.1 Å². The number of fused-ring (bicyclic) bond motifs is 1. The van der Waals surface area contributed by atoms with Crippen LogP contribution in [-0.2, 0) is 0 Å². The number of nitrogens with zero attached hydrogens (tertiary/aromatic N) is 5. The summed E-state index contributed by atoms with van der Waals surface area (Å²) in [5, 5.41) is 27.0. The average Bonchev–Trinajstić information content (AvgIpc) is 3.16. The lowest BCUT2D eigenvalue weighted by atomic mass is 9.77. The van der Waals surface area contributed by atoms with Gasteiger partial charge in [0.05, 0.1) is 22.8 Å². The van der Waals surface area contributed by atoms with Crippen molar-refractivity contribution in [1.82, 2.24) is 24.9 Å². The zero-order valence-electron chi connectivity index (χ0n) is 19.2. The van der Waals surface area contributed by atoms with Crippen LogP contribution in [0.2, 0.25) is 0 Å². The van der Waals surface area contributed by atoms with Gasteiger partial charge in [-0.25, -0.2) is 9.50 Å². The van der Waals surface area contributed by atoms with Crippen molar-refractivity contribution in [2.24, 2.45) is 0 Å². The summed E-state index contributed by atoms with van der Waals surface area (Å²) in [5.41, 5.74) is 5.45. The molecule has 1 amide bonds. The molecule has 0 saturated heterocycles. The predicted octanol–water partition coefficient (Wildman–Crippen LogP) is 3.59. The van der Waals surface area contributed by atoms with Crippen molar-refractivity contribution in [2.45, 2.75) is 45.3 Å². The van der Waals surface area contributed by atoms with Gasteiger partial charge in [-0.15, -0.1) is 0 Å². The molecular formula is C26H24N6O2. The van der Waals surface area contributed by atoms with Crippen LogP contribution in [0.1, 0.15) is 47.2 Å². The number of hydrogen-bond donors (Lipinski definition) is 2. The van der Waals surface area contributed by atoms with Gasteiger partial charge in [-0.1, -0.05) is 12.1 Å². The molecule has 0 spiro atoms. The van der Waals surface area contributed by atoms with Gasteiger partial charge in [0.15, 0.2) is 5.65 Å². The average molecular weight is 453 g/mol. The number of nitrogens with one attached hydrogen (secondary N) is 1. The second-order valence-corrected chi connectivity index (χ2v) is 9.21. The summed E-state index contributed by atoms with van der Waals surface area (Å²) < 4.78 is 1.65. The van der Waals surface area contributed by atoms with Gasteiger partial charge in [-0.3, -0.25) is 9.78 Å². The summed E-state index contributed by atoms with van der Waals surface area (Å²) in [6.07, 6.45) is 2.76. The van der Waals surface area contributed by atoms with Gasteiger partial charge < -0.3 is 10.4 Å². The van der Waals surface area contributed by atoms with E-state index in [9.17, 15) is 15.2 Å². The van der Waals surface area contributed by atoms with Gasteiger partial charge in [0.2, 0.25) is 0 Å². The summed E-state index contributed by atoms with van der Waals surface area (Å²) in [5.74, 6) is -0.287. The van der Waals surface area contributed by atoms with Crippen LogP contribution in [-0.4, -0.2) is 42.2 Å². The van der Waals surface area contributed by atoms with E-state index >= 15 is 0 Å². The Morgan fingerprint density at radius 3 is 2.56 bits per heavy atom. The van der Waals surface area contributed by atoms with E-state index in [1.165, 1.54) is 0 Å². The Morgan fingerprint density at radius 1 is 1.15 bits per heavy atom. The summed E-state index contributed by atoms with van der Waals surface area (Å²) in [7, 11) is 0. The fraction of sp³-hybridized carbons (Fsp3) is 0.269. The normalized spacial score (nSPS) is 19.4. The second kappa shape index (κ2) is 8.04. The monoisotopic (exact) mass is 452 g/mol. The van der Waals surface area contributed by atoms with Crippen LogP contribution in [0.15, 0.2) is 48.7 Å². The van der Waals surface area contributed by atoms with E-state index in [-0.39, 0.29) is 17.6 Å². The summed E-state index contributed by atoms with van der Waals surface area (Å²) in [4.78, 5) is 22.1. The molecule has 0 aliphatic heterocycles. The smallest absolute Gasteiger partial charge is 0.270 e. The highest BCUT2D eigenvalue weighted by atomic mass is 16.3. The Kier molecular flexibility index (Phi) is 5.14. The van der Waals surface area contributed by atoms with Crippen LogP contribution in [0.5, 0.6) is 0 Å². The zero-order valence-corrected chi connectivity index (χ0v) is 19.2. The summed E-state index contributed by atoms with van der Waals surface area (Å²) in [6.45, 7) is 5.62. The number of nitriles is 1. The summed E-state index contributed by atoms with van der Waals surface area (Å²) in [6, 6.07) is 14.9. The number of amides is 1. The molecule has 0 bridgehead atoms. The number of carbonyl (C=O) groups excluding carboxylic acids is 1. The highest BCUT2D eigenvalue weighted by Crippen LogP contribution is 2.35. The van der Waals surface area contributed by atoms with Crippen molar-refractivity contribution in [2.75, 3.05) is 0 Å². The van der Waals surface area contributed by atoms with E-state index in [1.807, 2.05) is 38.1 Å². The fourth-order valence-corrected chi connectivity index (χ4v) is 4.60. The van der Waals surface area contributed by atoms with Crippen LogP contribution in [0.4, 0.5) is 0 Å². The lowest BCUT2D eigenvalue weighted by molar-refractivity contribution is -0.0367. The van der Waals surface area contributed by atoms with Crippen LogP contribution >= 0.6 is 0 Å². The van der Waals surface area contributed by atoms with Crippen LogP contribution in [0, 0.1) is 25.2 Å². The Bertz CT molecular complexity index is 1450. The van der Waals surface area contributed by atoms with Gasteiger partial charge in [0.1, 0.15) is 11.4 Å². The molecule has 170 valence electrons. The van der Waals surface area contributed by atoms with Crippen molar-refractivity contribution in [3.05, 3.63) is 71.3 Å². The van der Waals surface area contributed by atoms with Gasteiger partial charge in [0.25, 0.3) is 5.91 Å². The van der Waals surface area contributed by atoms with Crippen molar-refractivity contribution < 1.29 is 9.90 Å². The standard InChI is InChI=1S/C26H24N6O2/c1-15-9-19(10-16(2)28-15)22-23(18-6-4-5-17(11-18)14-27)31-32-8-7-21(30-24(22)32)25(33)29-20-12-26(3,34)13-20/h4-11,20,34H,12-13H2,1-3H3,(H,29,33)/t20-,26+. The molecule has 0 atom stereocenters. The van der Waals surface area contributed by atoms with Crippen LogP contribution in [0.3, 0.4) is 0 Å². The van der Waals surface area contributed by atoms with Crippen molar-refractivity contribution >= 4 is 11.6 Å². The van der Waals surface area contributed by atoms with Crippen LogP contribution < -0.4 is 5.32 Å². The molecule has 1 aromatic carbocycles. The van der Waals surface area contributed by atoms with Gasteiger partial charge in [-0.05, 0) is 69.5 Å². The molecule has 8 nitrogen and oxygen atoms in total. The van der Waals surface area contributed by atoms with E-state index in [0.29, 0.717) is 29.7 Å². The minimum absolute atomic E-state index is 0.0697. The number of carbonyl (C=O) groups is 1. The maximum Gasteiger partial charge on any atom is 0.270 e. The molecule has 0 radical (unpaired) electrons. The molecule has 2 N–H and O–H groups in total. The number of hydrogen-bond acceptors (Lipinski definition) is 6. The second-order valence-electron chi connectivity index (χ2n) is 9.21. The Hall–Kier alpha value is -4.09. The lowest BCUT2D eigenvalue weighted by Gasteiger charge is -2.41. The third kappa shape index (κ3) is 4.02. The molecule has 1 fully saturated rings. The number of aliphatic hydroxyl groups is 1. The number of benzene rings is 1. The first-order valence-corrected chi connectivity index (χ1v) is 11.1. The van der Waals surface area contributed by atoms with Gasteiger partial charge >= 0.3 is 0 Å². The van der Waals surface area contributed by atoms with Crippen molar-refractivity contribution in [3.8, 4) is 28.5 Å². The van der Waals surface area contributed by atoms with E-state index < -0.39 is 5.60 Å². The van der Waals surface area contributed by atoms with E-state index in [4.69, 9.17) is 5.10 Å². The Labute approximate surface area is 196 Å². The third-order valence-electron chi connectivity index (χ3n) is 6.06.